The van der Waals surface area contributed by atoms with Gasteiger partial charge in [0.05, 0.1) is 4.90 Å². The summed E-state index contributed by atoms with van der Waals surface area (Å²) in [7, 11) is -3.59. The summed E-state index contributed by atoms with van der Waals surface area (Å²) in [5, 5.41) is 0. The molecule has 1 aliphatic rings. The molecular formula is C17H19NO4S. The van der Waals surface area contributed by atoms with Gasteiger partial charge in [0.2, 0.25) is 16.8 Å². The number of benzene rings is 2. The number of hydrogen-bond acceptors (Lipinski definition) is 4. The molecule has 0 radical (unpaired) electrons. The molecule has 2 aromatic rings. The third-order valence-corrected chi connectivity index (χ3v) is 5.55. The van der Waals surface area contributed by atoms with Crippen LogP contribution < -0.4 is 14.2 Å². The molecule has 2 aromatic carbocycles. The van der Waals surface area contributed by atoms with Crippen LogP contribution in [0.25, 0.3) is 0 Å². The number of fused-ring (bicyclic) bond motifs is 1. The van der Waals surface area contributed by atoms with Gasteiger partial charge in [-0.25, -0.2) is 13.1 Å². The van der Waals surface area contributed by atoms with Crippen LogP contribution in [0.1, 0.15) is 29.7 Å². The third-order valence-electron chi connectivity index (χ3n) is 3.85. The first kappa shape index (κ1) is 15.8. The lowest BCUT2D eigenvalue weighted by Gasteiger charge is -2.16. The van der Waals surface area contributed by atoms with E-state index in [1.54, 1.807) is 38.1 Å². The molecule has 3 rings (SSSR count). The van der Waals surface area contributed by atoms with Crippen molar-refractivity contribution in [1.82, 2.24) is 4.72 Å². The zero-order valence-corrected chi connectivity index (χ0v) is 14.1. The maximum atomic E-state index is 12.6. The second kappa shape index (κ2) is 5.86. The highest BCUT2D eigenvalue weighted by molar-refractivity contribution is 7.89. The van der Waals surface area contributed by atoms with E-state index in [2.05, 4.69) is 4.72 Å². The van der Waals surface area contributed by atoms with Crippen molar-refractivity contribution in [3.63, 3.8) is 0 Å². The number of ether oxygens (including phenoxy) is 2. The minimum atomic E-state index is -3.59. The van der Waals surface area contributed by atoms with E-state index in [9.17, 15) is 8.42 Å². The fourth-order valence-corrected chi connectivity index (χ4v) is 4.11. The fraction of sp³-hybridized carbons (Fsp3) is 0.294. The van der Waals surface area contributed by atoms with Crippen LogP contribution in [0.5, 0.6) is 11.5 Å². The third kappa shape index (κ3) is 3.18. The maximum absolute atomic E-state index is 12.6. The van der Waals surface area contributed by atoms with Crippen molar-refractivity contribution in [2.45, 2.75) is 31.7 Å². The Morgan fingerprint density at radius 3 is 2.52 bits per heavy atom. The molecule has 0 saturated heterocycles. The summed E-state index contributed by atoms with van der Waals surface area (Å²) in [6, 6.07) is 10.3. The van der Waals surface area contributed by atoms with Gasteiger partial charge in [-0.3, -0.25) is 0 Å². The molecule has 1 aliphatic heterocycles. The van der Waals surface area contributed by atoms with Crippen molar-refractivity contribution in [3.8, 4) is 11.5 Å². The van der Waals surface area contributed by atoms with Crippen molar-refractivity contribution < 1.29 is 17.9 Å². The van der Waals surface area contributed by atoms with Gasteiger partial charge >= 0.3 is 0 Å². The molecule has 0 aliphatic carbocycles. The largest absolute Gasteiger partial charge is 0.454 e. The van der Waals surface area contributed by atoms with Gasteiger partial charge in [0.1, 0.15) is 0 Å². The monoisotopic (exact) mass is 333 g/mol. The predicted octanol–water partition coefficient (Wildman–Crippen LogP) is 3.07. The molecule has 0 saturated carbocycles. The molecule has 23 heavy (non-hydrogen) atoms. The zero-order chi connectivity index (χ0) is 16.6. The van der Waals surface area contributed by atoms with Crippen molar-refractivity contribution >= 4 is 10.0 Å². The molecule has 122 valence electrons. The molecule has 1 N–H and O–H groups in total. The Bertz CT molecular complexity index is 846. The van der Waals surface area contributed by atoms with Crippen molar-refractivity contribution in [1.29, 1.82) is 0 Å². The summed E-state index contributed by atoms with van der Waals surface area (Å²) in [6.07, 6.45) is 0. The van der Waals surface area contributed by atoms with Gasteiger partial charge in [-0.2, -0.15) is 0 Å². The zero-order valence-electron chi connectivity index (χ0n) is 13.3. The quantitative estimate of drug-likeness (QED) is 0.934. The minimum Gasteiger partial charge on any atom is -0.454 e. The molecule has 0 spiro atoms. The molecule has 5 nitrogen and oxygen atoms in total. The van der Waals surface area contributed by atoms with E-state index in [1.807, 2.05) is 19.1 Å². The maximum Gasteiger partial charge on any atom is 0.241 e. The molecule has 1 unspecified atom stereocenters. The summed E-state index contributed by atoms with van der Waals surface area (Å²) in [6.45, 7) is 5.74. The number of hydrogen-bond donors (Lipinski definition) is 1. The van der Waals surface area contributed by atoms with E-state index in [1.165, 1.54) is 0 Å². The lowest BCUT2D eigenvalue weighted by atomic mass is 10.1. The second-order valence-corrected chi connectivity index (χ2v) is 7.41. The summed E-state index contributed by atoms with van der Waals surface area (Å²) in [5.74, 6) is 1.32. The van der Waals surface area contributed by atoms with Crippen molar-refractivity contribution in [3.05, 3.63) is 53.1 Å². The molecule has 6 heteroatoms. The van der Waals surface area contributed by atoms with Crippen LogP contribution >= 0.6 is 0 Å². The smallest absolute Gasteiger partial charge is 0.241 e. The summed E-state index contributed by atoms with van der Waals surface area (Å²) in [4.78, 5) is 0.302. The summed E-state index contributed by atoms with van der Waals surface area (Å²) >= 11 is 0. The van der Waals surface area contributed by atoms with E-state index in [0.717, 1.165) is 16.7 Å². The van der Waals surface area contributed by atoms with Gasteiger partial charge in [-0.15, -0.1) is 0 Å². The van der Waals surface area contributed by atoms with Crippen molar-refractivity contribution in [2.24, 2.45) is 0 Å². The van der Waals surface area contributed by atoms with E-state index < -0.39 is 10.0 Å². The molecule has 0 amide bonds. The van der Waals surface area contributed by atoms with E-state index in [-0.39, 0.29) is 12.8 Å². The predicted molar refractivity (Wildman–Crippen MR) is 87.2 cm³/mol. The Morgan fingerprint density at radius 1 is 1.04 bits per heavy atom. The average Bonchev–Trinajstić information content (AvgIpc) is 2.93. The Balaban J connectivity index is 1.85. The topological polar surface area (TPSA) is 64.6 Å². The highest BCUT2D eigenvalue weighted by Gasteiger charge is 2.22. The van der Waals surface area contributed by atoms with E-state index in [0.29, 0.717) is 16.4 Å². The van der Waals surface area contributed by atoms with Gasteiger partial charge in [-0.1, -0.05) is 23.8 Å². The Hall–Kier alpha value is -2.05. The van der Waals surface area contributed by atoms with Gasteiger partial charge in [-0.05, 0) is 50.1 Å². The number of aryl methyl sites for hydroxylation is 2. The van der Waals surface area contributed by atoms with Crippen LogP contribution in [0, 0.1) is 13.8 Å². The molecule has 1 atom stereocenters. The van der Waals surface area contributed by atoms with Gasteiger partial charge < -0.3 is 9.47 Å². The number of rotatable bonds is 4. The Labute approximate surface area is 136 Å². The van der Waals surface area contributed by atoms with Crippen LogP contribution in [-0.2, 0) is 10.0 Å². The molecular weight excluding hydrogens is 314 g/mol. The van der Waals surface area contributed by atoms with Crippen molar-refractivity contribution in [2.75, 3.05) is 6.79 Å². The van der Waals surface area contributed by atoms with Crippen LogP contribution in [0.4, 0.5) is 0 Å². The summed E-state index contributed by atoms with van der Waals surface area (Å²) < 4.78 is 38.6. The van der Waals surface area contributed by atoms with Gasteiger partial charge in [0.25, 0.3) is 0 Å². The standard InChI is InChI=1S/C17H19NO4S/c1-11-4-7-17(12(2)8-11)23(19,20)18-13(3)14-5-6-15-16(9-14)22-10-21-15/h4-9,13,18H,10H2,1-3H3. The molecule has 0 bridgehead atoms. The Kier molecular flexibility index (Phi) is 4.04. The number of sulfonamides is 1. The average molecular weight is 333 g/mol. The van der Waals surface area contributed by atoms with Crippen LogP contribution in [0.15, 0.2) is 41.3 Å². The Morgan fingerprint density at radius 2 is 1.78 bits per heavy atom. The van der Waals surface area contributed by atoms with Gasteiger partial charge in [0.15, 0.2) is 11.5 Å². The highest BCUT2D eigenvalue weighted by Crippen LogP contribution is 2.34. The first-order chi connectivity index (χ1) is 10.9. The highest BCUT2D eigenvalue weighted by atomic mass is 32.2. The second-order valence-electron chi connectivity index (χ2n) is 5.72. The first-order valence-corrected chi connectivity index (χ1v) is 8.84. The van der Waals surface area contributed by atoms with Gasteiger partial charge in [0, 0.05) is 6.04 Å². The number of nitrogens with one attached hydrogen (secondary N) is 1. The lowest BCUT2D eigenvalue weighted by Crippen LogP contribution is -2.27. The normalized spacial score (nSPS) is 14.7. The SMILES string of the molecule is Cc1ccc(S(=O)(=O)NC(C)c2ccc3c(c2)OCO3)c(C)c1. The summed E-state index contributed by atoms with van der Waals surface area (Å²) in [5.41, 5.74) is 2.59. The lowest BCUT2D eigenvalue weighted by molar-refractivity contribution is 0.174. The molecule has 1 heterocycles. The fourth-order valence-electron chi connectivity index (χ4n) is 2.65. The van der Waals surface area contributed by atoms with Crippen LogP contribution in [0.2, 0.25) is 0 Å². The molecule has 0 aromatic heterocycles. The van der Waals surface area contributed by atoms with E-state index in [4.69, 9.17) is 9.47 Å². The molecule has 0 fully saturated rings. The van der Waals surface area contributed by atoms with Crippen LogP contribution in [0.3, 0.4) is 0 Å². The van der Waals surface area contributed by atoms with Crippen LogP contribution in [-0.4, -0.2) is 15.2 Å². The minimum absolute atomic E-state index is 0.196. The first-order valence-electron chi connectivity index (χ1n) is 7.36. The van der Waals surface area contributed by atoms with E-state index >= 15 is 0 Å².